The zero-order chi connectivity index (χ0) is 12.0. The van der Waals surface area contributed by atoms with Crippen molar-refractivity contribution < 1.29 is 14.6 Å². The van der Waals surface area contributed by atoms with E-state index in [1.165, 1.54) is 11.5 Å². The number of ether oxygens (including phenoxy) is 2. The molecule has 0 unspecified atom stereocenters. The number of rotatable bonds is 7. The molecule has 0 aromatic carbocycles. The summed E-state index contributed by atoms with van der Waals surface area (Å²) in [5.74, 6) is 0.942. The first-order chi connectivity index (χ1) is 7.74. The number of nitrogen functional groups attached to an aromatic ring is 1. The van der Waals surface area contributed by atoms with Gasteiger partial charge in [0, 0.05) is 20.2 Å². The summed E-state index contributed by atoms with van der Waals surface area (Å²) in [7, 11) is 3.19. The maximum Gasteiger partial charge on any atom is 0.197 e. The van der Waals surface area contributed by atoms with Crippen molar-refractivity contribution in [1.82, 2.24) is 4.37 Å². The van der Waals surface area contributed by atoms with Gasteiger partial charge in [0.25, 0.3) is 0 Å². The Hall–Kier alpha value is -1.05. The standard InChI is InChI=1S/C9H17N3O3S/c1-14-6-4-12(3-5-13)9-7(15-2)8(10)11-16-9/h13H,3-6H2,1-2H3,(H2,10,11). The molecule has 0 aliphatic carbocycles. The molecule has 6 nitrogen and oxygen atoms in total. The Bertz CT molecular complexity index is 319. The van der Waals surface area contributed by atoms with E-state index in [2.05, 4.69) is 4.37 Å². The summed E-state index contributed by atoms with van der Waals surface area (Å²) in [5, 5.41) is 9.82. The number of nitrogens with zero attached hydrogens (tertiary/aromatic N) is 2. The summed E-state index contributed by atoms with van der Waals surface area (Å²) in [4.78, 5) is 1.94. The van der Waals surface area contributed by atoms with Gasteiger partial charge in [0.15, 0.2) is 16.6 Å². The molecule has 1 aromatic heterocycles. The highest BCUT2D eigenvalue weighted by Crippen LogP contribution is 2.37. The van der Waals surface area contributed by atoms with Crippen LogP contribution in [0, 0.1) is 0 Å². The lowest BCUT2D eigenvalue weighted by atomic mass is 10.4. The molecule has 7 heteroatoms. The predicted octanol–water partition coefficient (Wildman–Crippen LogP) is 0.179. The Morgan fingerprint density at radius 3 is 2.75 bits per heavy atom. The van der Waals surface area contributed by atoms with Crippen molar-refractivity contribution in [3.05, 3.63) is 0 Å². The molecule has 0 amide bonds. The van der Waals surface area contributed by atoms with Crippen molar-refractivity contribution in [2.45, 2.75) is 0 Å². The van der Waals surface area contributed by atoms with Crippen LogP contribution < -0.4 is 15.4 Å². The Balaban J connectivity index is 2.82. The van der Waals surface area contributed by atoms with Gasteiger partial charge in [-0.1, -0.05) is 0 Å². The van der Waals surface area contributed by atoms with Crippen LogP contribution in [0.15, 0.2) is 0 Å². The SMILES string of the molecule is COCCN(CCO)c1snc(N)c1OC. The van der Waals surface area contributed by atoms with E-state index in [4.69, 9.17) is 20.3 Å². The minimum Gasteiger partial charge on any atom is -0.490 e. The van der Waals surface area contributed by atoms with Gasteiger partial charge in [0.05, 0.1) is 20.3 Å². The van der Waals surface area contributed by atoms with Crippen molar-refractivity contribution in [2.24, 2.45) is 0 Å². The molecule has 1 rings (SSSR count). The Labute approximate surface area is 98.7 Å². The first kappa shape index (κ1) is 13.0. The molecule has 0 spiro atoms. The first-order valence-corrected chi connectivity index (χ1v) is 5.65. The molecule has 1 heterocycles. The molecule has 0 bridgehead atoms. The molecule has 0 fully saturated rings. The van der Waals surface area contributed by atoms with Crippen LogP contribution >= 0.6 is 11.5 Å². The summed E-state index contributed by atoms with van der Waals surface area (Å²) < 4.78 is 14.2. The number of anilines is 2. The molecule has 0 saturated carbocycles. The largest absolute Gasteiger partial charge is 0.490 e. The van der Waals surface area contributed by atoms with E-state index in [9.17, 15) is 0 Å². The molecule has 16 heavy (non-hydrogen) atoms. The number of nitrogens with two attached hydrogens (primary N) is 1. The maximum absolute atomic E-state index is 9.00. The van der Waals surface area contributed by atoms with Gasteiger partial charge in [0.2, 0.25) is 0 Å². The molecule has 3 N–H and O–H groups in total. The van der Waals surface area contributed by atoms with Crippen LogP contribution in [0.2, 0.25) is 0 Å². The lowest BCUT2D eigenvalue weighted by Crippen LogP contribution is -2.29. The maximum atomic E-state index is 9.00. The van der Waals surface area contributed by atoms with E-state index in [0.717, 1.165) is 5.00 Å². The second-order valence-electron chi connectivity index (χ2n) is 3.11. The average Bonchev–Trinajstić information content (AvgIpc) is 2.65. The molecule has 1 aromatic rings. The van der Waals surface area contributed by atoms with Crippen molar-refractivity contribution in [1.29, 1.82) is 0 Å². The molecule has 0 saturated heterocycles. The van der Waals surface area contributed by atoms with E-state index < -0.39 is 0 Å². The summed E-state index contributed by atoms with van der Waals surface area (Å²) >= 11 is 1.26. The lowest BCUT2D eigenvalue weighted by Gasteiger charge is -2.21. The average molecular weight is 247 g/mol. The fourth-order valence-corrected chi connectivity index (χ4v) is 2.15. The number of hydrogen-bond acceptors (Lipinski definition) is 7. The van der Waals surface area contributed by atoms with Crippen molar-refractivity contribution in [2.75, 3.05) is 51.2 Å². The summed E-state index contributed by atoms with van der Waals surface area (Å²) in [6.07, 6.45) is 0. The first-order valence-electron chi connectivity index (χ1n) is 4.88. The fraction of sp³-hybridized carbons (Fsp3) is 0.667. The van der Waals surface area contributed by atoms with Crippen LogP contribution in [0.4, 0.5) is 10.8 Å². The third-order valence-electron chi connectivity index (χ3n) is 2.08. The summed E-state index contributed by atoms with van der Waals surface area (Å²) in [6.45, 7) is 1.79. The van der Waals surface area contributed by atoms with Gasteiger partial charge in [-0.15, -0.1) is 0 Å². The van der Waals surface area contributed by atoms with E-state index in [1.54, 1.807) is 14.2 Å². The number of aliphatic hydroxyl groups excluding tert-OH is 1. The van der Waals surface area contributed by atoms with Crippen molar-refractivity contribution >= 4 is 22.4 Å². The highest BCUT2D eigenvalue weighted by molar-refractivity contribution is 7.11. The quantitative estimate of drug-likeness (QED) is 0.715. The van der Waals surface area contributed by atoms with Gasteiger partial charge in [-0.2, -0.15) is 4.37 Å². The predicted molar refractivity (Wildman–Crippen MR) is 64.3 cm³/mol. The highest BCUT2D eigenvalue weighted by atomic mass is 32.1. The van der Waals surface area contributed by atoms with Crippen molar-refractivity contribution in [3.8, 4) is 5.75 Å². The Morgan fingerprint density at radius 2 is 2.19 bits per heavy atom. The van der Waals surface area contributed by atoms with Gasteiger partial charge < -0.3 is 25.2 Å². The van der Waals surface area contributed by atoms with Gasteiger partial charge in [-0.25, -0.2) is 0 Å². The smallest absolute Gasteiger partial charge is 0.197 e. The van der Waals surface area contributed by atoms with E-state index in [-0.39, 0.29) is 6.61 Å². The zero-order valence-corrected chi connectivity index (χ0v) is 10.3. The van der Waals surface area contributed by atoms with E-state index in [1.807, 2.05) is 4.90 Å². The minimum absolute atomic E-state index is 0.0602. The van der Waals surface area contributed by atoms with Gasteiger partial charge in [-0.05, 0) is 11.5 Å². The number of methoxy groups -OCH3 is 2. The van der Waals surface area contributed by atoms with Gasteiger partial charge in [-0.3, -0.25) is 0 Å². The second kappa shape index (κ2) is 6.51. The van der Waals surface area contributed by atoms with Crippen LogP contribution in [-0.2, 0) is 4.74 Å². The van der Waals surface area contributed by atoms with E-state index >= 15 is 0 Å². The third kappa shape index (κ3) is 2.97. The van der Waals surface area contributed by atoms with E-state index in [0.29, 0.717) is 31.3 Å². The van der Waals surface area contributed by atoms with Crippen LogP contribution in [-0.4, -0.2) is 50.0 Å². The molecular weight excluding hydrogens is 230 g/mol. The number of aliphatic hydroxyl groups is 1. The Morgan fingerprint density at radius 1 is 1.44 bits per heavy atom. The van der Waals surface area contributed by atoms with Gasteiger partial charge in [0.1, 0.15) is 0 Å². The molecule has 0 atom stereocenters. The second-order valence-corrected chi connectivity index (χ2v) is 3.86. The molecule has 92 valence electrons. The normalized spacial score (nSPS) is 10.4. The third-order valence-corrected chi connectivity index (χ3v) is 2.99. The van der Waals surface area contributed by atoms with Crippen LogP contribution in [0.5, 0.6) is 5.75 Å². The molecule has 0 aliphatic rings. The topological polar surface area (TPSA) is 80.8 Å². The monoisotopic (exact) mass is 247 g/mol. The summed E-state index contributed by atoms with van der Waals surface area (Å²) in [5.41, 5.74) is 5.67. The van der Waals surface area contributed by atoms with Crippen LogP contribution in [0.1, 0.15) is 0 Å². The molecular formula is C9H17N3O3S. The fourth-order valence-electron chi connectivity index (χ4n) is 1.32. The van der Waals surface area contributed by atoms with Crippen molar-refractivity contribution in [3.63, 3.8) is 0 Å². The Kier molecular flexibility index (Phi) is 5.30. The van der Waals surface area contributed by atoms with Crippen LogP contribution in [0.25, 0.3) is 0 Å². The lowest BCUT2D eigenvalue weighted by molar-refractivity contribution is 0.203. The number of hydrogen-bond donors (Lipinski definition) is 2. The minimum atomic E-state index is 0.0602. The van der Waals surface area contributed by atoms with Crippen LogP contribution in [0.3, 0.4) is 0 Å². The zero-order valence-electron chi connectivity index (χ0n) is 9.47. The van der Waals surface area contributed by atoms with Gasteiger partial charge >= 0.3 is 0 Å². The molecule has 0 radical (unpaired) electrons. The number of aromatic nitrogens is 1. The highest BCUT2D eigenvalue weighted by Gasteiger charge is 2.17. The molecule has 0 aliphatic heterocycles. The summed E-state index contributed by atoms with van der Waals surface area (Å²) in [6, 6.07) is 0.